The molecule has 2 aromatic heterocycles. The van der Waals surface area contributed by atoms with E-state index in [2.05, 4.69) is 37.9 Å². The van der Waals surface area contributed by atoms with Crippen molar-refractivity contribution in [3.05, 3.63) is 45.4 Å². The van der Waals surface area contributed by atoms with Gasteiger partial charge in [0.05, 0.1) is 16.2 Å². The van der Waals surface area contributed by atoms with Gasteiger partial charge in [-0.15, -0.1) is 0 Å². The predicted molar refractivity (Wildman–Crippen MR) is 66.1 cm³/mol. The molecule has 2 aromatic rings. The van der Waals surface area contributed by atoms with Crippen LogP contribution in [0, 0.1) is 11.8 Å². The number of aromatic nitrogens is 3. The Labute approximate surface area is 107 Å². The van der Waals surface area contributed by atoms with Crippen molar-refractivity contribution in [2.45, 2.75) is 0 Å². The monoisotopic (exact) mass is 295 g/mol. The van der Waals surface area contributed by atoms with Gasteiger partial charge in [0.2, 0.25) is 0 Å². The van der Waals surface area contributed by atoms with Gasteiger partial charge in [-0.05, 0) is 22.0 Å². The number of halogens is 2. The van der Waals surface area contributed by atoms with Crippen molar-refractivity contribution in [2.24, 2.45) is 7.05 Å². The summed E-state index contributed by atoms with van der Waals surface area (Å²) in [6.45, 7) is 0. The van der Waals surface area contributed by atoms with E-state index >= 15 is 0 Å². The zero-order chi connectivity index (χ0) is 11.5. The van der Waals surface area contributed by atoms with Crippen LogP contribution in [0.1, 0.15) is 11.1 Å². The summed E-state index contributed by atoms with van der Waals surface area (Å²) in [5.41, 5.74) is 1.67. The molecule has 0 saturated carbocycles. The van der Waals surface area contributed by atoms with Crippen LogP contribution in [0.25, 0.3) is 0 Å². The van der Waals surface area contributed by atoms with Crippen molar-refractivity contribution in [3.8, 4) is 11.8 Å². The molecule has 0 unspecified atom stereocenters. The molecule has 2 rings (SSSR count). The van der Waals surface area contributed by atoms with Crippen LogP contribution in [0.4, 0.5) is 0 Å². The highest BCUT2D eigenvalue weighted by atomic mass is 79.9. The first-order valence-electron chi connectivity index (χ1n) is 4.47. The summed E-state index contributed by atoms with van der Waals surface area (Å²) < 4.78 is 2.53. The van der Waals surface area contributed by atoms with E-state index in [0.29, 0.717) is 5.15 Å². The van der Waals surface area contributed by atoms with Crippen LogP contribution in [-0.2, 0) is 7.05 Å². The second-order valence-electron chi connectivity index (χ2n) is 3.14. The van der Waals surface area contributed by atoms with Gasteiger partial charge in [-0.3, -0.25) is 4.68 Å². The Hall–Kier alpha value is -1.31. The van der Waals surface area contributed by atoms with E-state index < -0.39 is 0 Å². The highest BCUT2D eigenvalue weighted by Gasteiger charge is 1.98. The van der Waals surface area contributed by atoms with E-state index in [4.69, 9.17) is 11.6 Å². The lowest BCUT2D eigenvalue weighted by Crippen LogP contribution is -1.84. The third-order valence-electron chi connectivity index (χ3n) is 1.87. The van der Waals surface area contributed by atoms with E-state index in [-0.39, 0.29) is 0 Å². The quantitative estimate of drug-likeness (QED) is 0.553. The van der Waals surface area contributed by atoms with Crippen LogP contribution in [0.5, 0.6) is 0 Å². The van der Waals surface area contributed by atoms with Crippen molar-refractivity contribution in [2.75, 3.05) is 0 Å². The molecule has 2 heterocycles. The number of aryl methyl sites for hydroxylation is 1. The Kier molecular flexibility index (Phi) is 3.28. The second-order valence-corrected chi connectivity index (χ2v) is 4.38. The first-order chi connectivity index (χ1) is 7.65. The third kappa shape index (κ3) is 2.63. The highest BCUT2D eigenvalue weighted by molar-refractivity contribution is 9.10. The van der Waals surface area contributed by atoms with Crippen LogP contribution in [0.2, 0.25) is 5.15 Å². The minimum absolute atomic E-state index is 0.429. The lowest BCUT2D eigenvalue weighted by atomic mass is 10.2. The first kappa shape index (κ1) is 11.2. The smallest absolute Gasteiger partial charge is 0.130 e. The minimum atomic E-state index is 0.429. The lowest BCUT2D eigenvalue weighted by Gasteiger charge is -1.94. The summed E-state index contributed by atoms with van der Waals surface area (Å²) in [6.07, 6.45) is 5.20. The molecule has 0 spiro atoms. The number of hydrogen-bond donors (Lipinski definition) is 0. The second kappa shape index (κ2) is 4.69. The van der Waals surface area contributed by atoms with E-state index in [0.717, 1.165) is 15.6 Å². The Balaban J connectivity index is 2.33. The molecule has 0 aliphatic carbocycles. The molecule has 0 radical (unpaired) electrons. The number of hydrogen-bond acceptors (Lipinski definition) is 2. The van der Waals surface area contributed by atoms with Crippen LogP contribution in [0.3, 0.4) is 0 Å². The van der Waals surface area contributed by atoms with Gasteiger partial charge in [-0.25, -0.2) is 4.98 Å². The summed E-state index contributed by atoms with van der Waals surface area (Å²) in [6, 6.07) is 1.72. The van der Waals surface area contributed by atoms with Crippen LogP contribution < -0.4 is 0 Å². The van der Waals surface area contributed by atoms with Crippen molar-refractivity contribution < 1.29 is 0 Å². The molecule has 80 valence electrons. The molecule has 0 aromatic carbocycles. The van der Waals surface area contributed by atoms with Gasteiger partial charge in [0, 0.05) is 25.0 Å². The zero-order valence-electron chi connectivity index (χ0n) is 8.41. The maximum atomic E-state index is 5.79. The number of rotatable bonds is 0. The molecule has 5 heteroatoms. The fourth-order valence-electron chi connectivity index (χ4n) is 1.13. The zero-order valence-corrected chi connectivity index (χ0v) is 10.7. The average Bonchev–Trinajstić information content (AvgIpc) is 2.66. The van der Waals surface area contributed by atoms with Gasteiger partial charge in [-0.1, -0.05) is 23.4 Å². The largest absolute Gasteiger partial charge is 0.275 e. The third-order valence-corrected chi connectivity index (χ3v) is 2.71. The van der Waals surface area contributed by atoms with Crippen LogP contribution in [-0.4, -0.2) is 14.8 Å². The molecule has 0 amide bonds. The Morgan fingerprint density at radius 3 is 2.88 bits per heavy atom. The normalized spacial score (nSPS) is 9.69. The molecule has 16 heavy (non-hydrogen) atoms. The summed E-state index contributed by atoms with van der Waals surface area (Å²) in [4.78, 5) is 3.93. The highest BCUT2D eigenvalue weighted by Crippen LogP contribution is 2.17. The molecule has 3 nitrogen and oxygen atoms in total. The molecular formula is C11H7BrClN3. The van der Waals surface area contributed by atoms with Crippen molar-refractivity contribution in [1.82, 2.24) is 14.8 Å². The molecule has 0 N–H and O–H groups in total. The summed E-state index contributed by atoms with van der Waals surface area (Å²) in [5, 5.41) is 4.46. The minimum Gasteiger partial charge on any atom is -0.275 e. The van der Waals surface area contributed by atoms with Gasteiger partial charge in [0.25, 0.3) is 0 Å². The van der Waals surface area contributed by atoms with Gasteiger partial charge < -0.3 is 0 Å². The fraction of sp³-hybridized carbons (Fsp3) is 0.0909. The van der Waals surface area contributed by atoms with Gasteiger partial charge in [-0.2, -0.15) is 5.10 Å². The first-order valence-corrected chi connectivity index (χ1v) is 5.64. The lowest BCUT2D eigenvalue weighted by molar-refractivity contribution is 0.767. The van der Waals surface area contributed by atoms with E-state index in [9.17, 15) is 0 Å². The maximum absolute atomic E-state index is 5.79. The predicted octanol–water partition coefficient (Wildman–Crippen LogP) is 2.63. The Morgan fingerprint density at radius 1 is 1.38 bits per heavy atom. The van der Waals surface area contributed by atoms with E-state index in [1.807, 2.05) is 13.2 Å². The molecule has 0 aliphatic heterocycles. The molecule has 0 atom stereocenters. The molecule has 0 aliphatic rings. The number of nitrogens with zero attached hydrogens (tertiary/aromatic N) is 3. The van der Waals surface area contributed by atoms with Crippen molar-refractivity contribution in [1.29, 1.82) is 0 Å². The van der Waals surface area contributed by atoms with Crippen molar-refractivity contribution >= 4 is 27.5 Å². The molecular weight excluding hydrogens is 289 g/mol. The average molecular weight is 297 g/mol. The summed E-state index contributed by atoms with van der Waals surface area (Å²) >= 11 is 9.15. The van der Waals surface area contributed by atoms with E-state index in [1.54, 1.807) is 23.1 Å². The SMILES string of the molecule is Cn1cc(C#Cc2cc(Cl)ncc2Br)cn1. The molecule has 0 fully saturated rings. The van der Waals surface area contributed by atoms with Gasteiger partial charge >= 0.3 is 0 Å². The maximum Gasteiger partial charge on any atom is 0.130 e. The Bertz CT molecular complexity index is 580. The Morgan fingerprint density at radius 2 is 2.19 bits per heavy atom. The summed E-state index contributed by atoms with van der Waals surface area (Å²) in [7, 11) is 1.85. The van der Waals surface area contributed by atoms with Gasteiger partial charge in [0.15, 0.2) is 0 Å². The molecule has 0 saturated heterocycles. The van der Waals surface area contributed by atoms with Crippen molar-refractivity contribution in [3.63, 3.8) is 0 Å². The van der Waals surface area contributed by atoms with Gasteiger partial charge in [0.1, 0.15) is 5.15 Å². The van der Waals surface area contributed by atoms with Crippen LogP contribution in [0.15, 0.2) is 29.1 Å². The topological polar surface area (TPSA) is 30.7 Å². The van der Waals surface area contributed by atoms with E-state index in [1.165, 1.54) is 0 Å². The fourth-order valence-corrected chi connectivity index (χ4v) is 1.61. The van der Waals surface area contributed by atoms with Crippen LogP contribution >= 0.6 is 27.5 Å². The summed E-state index contributed by atoms with van der Waals surface area (Å²) in [5.74, 6) is 6.01. The standard InChI is InChI=1S/C11H7BrClN3/c1-16-7-8(5-15-16)2-3-9-4-11(13)14-6-10(9)12/h4-7H,1H3. The number of pyridine rings is 1. The molecule has 0 bridgehead atoms.